The first-order valence-corrected chi connectivity index (χ1v) is 7.30. The number of hydrogen-bond acceptors (Lipinski definition) is 2. The van der Waals surface area contributed by atoms with Crippen molar-refractivity contribution in [1.29, 1.82) is 0 Å². The lowest BCUT2D eigenvalue weighted by atomic mass is 9.88. The third kappa shape index (κ3) is 6.85. The zero-order valence-corrected chi connectivity index (χ0v) is 11.9. The van der Waals surface area contributed by atoms with Crippen molar-refractivity contribution in [2.24, 2.45) is 5.92 Å². The van der Waals surface area contributed by atoms with E-state index in [9.17, 15) is 0 Å². The highest BCUT2D eigenvalue weighted by molar-refractivity contribution is 4.89. The molecule has 2 heteroatoms. The van der Waals surface area contributed by atoms with Crippen molar-refractivity contribution in [3.8, 4) is 0 Å². The van der Waals surface area contributed by atoms with E-state index in [1.165, 1.54) is 51.4 Å². The number of hydrazine groups is 1. The van der Waals surface area contributed by atoms with Gasteiger partial charge in [-0.3, -0.25) is 10.4 Å². The Morgan fingerprint density at radius 1 is 1.24 bits per heavy atom. The summed E-state index contributed by atoms with van der Waals surface area (Å²) >= 11 is 0. The lowest BCUT2D eigenvalue weighted by molar-refractivity contribution is 0.204. The summed E-state index contributed by atoms with van der Waals surface area (Å²) in [6.07, 6.45) is 15.5. The molecule has 1 aliphatic carbocycles. The van der Waals surface area contributed by atoms with Gasteiger partial charge in [-0.2, -0.15) is 0 Å². The molecule has 0 radical (unpaired) electrons. The van der Waals surface area contributed by atoms with E-state index in [0.717, 1.165) is 5.92 Å². The summed E-state index contributed by atoms with van der Waals surface area (Å²) in [7, 11) is 4.20. The first-order valence-electron chi connectivity index (χ1n) is 7.30. The molecule has 1 aliphatic rings. The van der Waals surface area contributed by atoms with Crippen LogP contribution in [0.3, 0.4) is 0 Å². The second-order valence-corrected chi connectivity index (χ2v) is 5.60. The molecule has 100 valence electrons. The van der Waals surface area contributed by atoms with E-state index < -0.39 is 0 Å². The lowest BCUT2D eigenvalue weighted by Crippen LogP contribution is -2.41. The predicted octanol–water partition coefficient (Wildman–Crippen LogP) is 3.75. The average Bonchev–Trinajstić information content (AvgIpc) is 2.23. The Morgan fingerprint density at radius 3 is 2.76 bits per heavy atom. The Hall–Kier alpha value is -0.340. The topological polar surface area (TPSA) is 15.3 Å². The van der Waals surface area contributed by atoms with E-state index in [1.807, 2.05) is 0 Å². The van der Waals surface area contributed by atoms with Gasteiger partial charge in [-0.15, -0.1) is 0 Å². The Kier molecular flexibility index (Phi) is 7.54. The number of nitrogens with zero attached hydrogens (tertiary/aromatic N) is 1. The summed E-state index contributed by atoms with van der Waals surface area (Å²) in [6, 6.07) is 0.668. The van der Waals surface area contributed by atoms with Crippen LogP contribution in [0.15, 0.2) is 12.2 Å². The highest BCUT2D eigenvalue weighted by Crippen LogP contribution is 2.24. The minimum absolute atomic E-state index is 0.668. The van der Waals surface area contributed by atoms with Crippen molar-refractivity contribution >= 4 is 0 Å². The van der Waals surface area contributed by atoms with E-state index >= 15 is 0 Å². The molecule has 0 aromatic carbocycles. The Morgan fingerprint density at radius 2 is 2.06 bits per heavy atom. The third-order valence-corrected chi connectivity index (χ3v) is 3.59. The normalized spacial score (nSPS) is 27.8. The second-order valence-electron chi connectivity index (χ2n) is 5.60. The first-order chi connectivity index (χ1) is 8.22. The van der Waals surface area contributed by atoms with Crippen LogP contribution < -0.4 is 5.43 Å². The standard InChI is InChI=1S/C15H30N2/c1-4-5-7-10-14-11-8-6-9-12-15(13-14)16-17(2)3/h6,8,14-16H,4-5,7,9-13H2,1-3H3/b8-6+. The van der Waals surface area contributed by atoms with Gasteiger partial charge in [0, 0.05) is 20.1 Å². The van der Waals surface area contributed by atoms with Crippen LogP contribution in [0.4, 0.5) is 0 Å². The molecule has 0 saturated carbocycles. The Labute approximate surface area is 107 Å². The highest BCUT2D eigenvalue weighted by atomic mass is 15.5. The number of unbranched alkanes of at least 4 members (excludes halogenated alkanes) is 2. The molecule has 0 fully saturated rings. The van der Waals surface area contributed by atoms with Gasteiger partial charge in [-0.1, -0.05) is 44.8 Å². The SMILES string of the molecule is CCCCCC1C/C=C/CCC(NN(C)C)C1. The highest BCUT2D eigenvalue weighted by Gasteiger charge is 2.17. The van der Waals surface area contributed by atoms with Gasteiger partial charge in [-0.05, 0) is 31.6 Å². The van der Waals surface area contributed by atoms with Gasteiger partial charge in [0.1, 0.15) is 0 Å². The quantitative estimate of drug-likeness (QED) is 0.431. The molecule has 0 aliphatic heterocycles. The molecule has 1 N–H and O–H groups in total. The fourth-order valence-corrected chi connectivity index (χ4v) is 2.72. The van der Waals surface area contributed by atoms with Crippen LogP contribution >= 0.6 is 0 Å². The summed E-state index contributed by atoms with van der Waals surface area (Å²) < 4.78 is 0. The van der Waals surface area contributed by atoms with E-state index in [0.29, 0.717) is 6.04 Å². The van der Waals surface area contributed by atoms with E-state index in [4.69, 9.17) is 0 Å². The van der Waals surface area contributed by atoms with Crippen molar-refractivity contribution in [3.05, 3.63) is 12.2 Å². The zero-order chi connectivity index (χ0) is 12.5. The molecule has 0 bridgehead atoms. The van der Waals surface area contributed by atoms with E-state index in [-0.39, 0.29) is 0 Å². The molecular formula is C15H30N2. The molecular weight excluding hydrogens is 208 g/mol. The Balaban J connectivity index is 2.38. The van der Waals surface area contributed by atoms with Crippen molar-refractivity contribution in [2.75, 3.05) is 14.1 Å². The van der Waals surface area contributed by atoms with Crippen molar-refractivity contribution in [2.45, 2.75) is 64.3 Å². The molecule has 17 heavy (non-hydrogen) atoms. The molecule has 0 heterocycles. The van der Waals surface area contributed by atoms with Crippen molar-refractivity contribution < 1.29 is 0 Å². The first kappa shape index (κ1) is 14.7. The maximum absolute atomic E-state index is 3.57. The Bertz CT molecular complexity index is 211. The van der Waals surface area contributed by atoms with E-state index in [2.05, 4.69) is 43.6 Å². The van der Waals surface area contributed by atoms with Gasteiger partial charge in [0.05, 0.1) is 0 Å². The molecule has 1 rings (SSSR count). The molecule has 0 aromatic rings. The molecule has 2 nitrogen and oxygen atoms in total. The van der Waals surface area contributed by atoms with Crippen LogP contribution in [-0.2, 0) is 0 Å². The lowest BCUT2D eigenvalue weighted by Gasteiger charge is -2.28. The largest absolute Gasteiger partial charge is 0.253 e. The van der Waals surface area contributed by atoms with Gasteiger partial charge in [0.25, 0.3) is 0 Å². The number of nitrogens with one attached hydrogen (secondary N) is 1. The van der Waals surface area contributed by atoms with Crippen LogP contribution in [0, 0.1) is 5.92 Å². The molecule has 0 spiro atoms. The molecule has 0 saturated heterocycles. The third-order valence-electron chi connectivity index (χ3n) is 3.59. The summed E-state index contributed by atoms with van der Waals surface area (Å²) in [6.45, 7) is 2.29. The monoisotopic (exact) mass is 238 g/mol. The fourth-order valence-electron chi connectivity index (χ4n) is 2.72. The summed E-state index contributed by atoms with van der Waals surface area (Å²) in [5.74, 6) is 0.885. The number of rotatable bonds is 6. The molecule has 0 aromatic heterocycles. The second kappa shape index (κ2) is 8.71. The van der Waals surface area contributed by atoms with Crippen LogP contribution in [-0.4, -0.2) is 25.1 Å². The van der Waals surface area contributed by atoms with Crippen LogP contribution in [0.1, 0.15) is 58.3 Å². The van der Waals surface area contributed by atoms with Crippen LogP contribution in [0.25, 0.3) is 0 Å². The van der Waals surface area contributed by atoms with Gasteiger partial charge >= 0.3 is 0 Å². The van der Waals surface area contributed by atoms with Crippen LogP contribution in [0.5, 0.6) is 0 Å². The van der Waals surface area contributed by atoms with Gasteiger partial charge < -0.3 is 0 Å². The maximum atomic E-state index is 3.57. The summed E-state index contributed by atoms with van der Waals surface area (Å²) in [5, 5.41) is 2.11. The minimum Gasteiger partial charge on any atom is -0.253 e. The van der Waals surface area contributed by atoms with Crippen molar-refractivity contribution in [1.82, 2.24) is 10.4 Å². The molecule has 2 atom stereocenters. The fraction of sp³-hybridized carbons (Fsp3) is 0.867. The van der Waals surface area contributed by atoms with Crippen molar-refractivity contribution in [3.63, 3.8) is 0 Å². The summed E-state index contributed by atoms with van der Waals surface area (Å²) in [5.41, 5.74) is 3.57. The predicted molar refractivity (Wildman–Crippen MR) is 75.9 cm³/mol. The summed E-state index contributed by atoms with van der Waals surface area (Å²) in [4.78, 5) is 0. The van der Waals surface area contributed by atoms with Gasteiger partial charge in [0.15, 0.2) is 0 Å². The molecule has 2 unspecified atom stereocenters. The van der Waals surface area contributed by atoms with Gasteiger partial charge in [-0.25, -0.2) is 0 Å². The zero-order valence-electron chi connectivity index (χ0n) is 11.9. The average molecular weight is 238 g/mol. The molecule has 0 amide bonds. The van der Waals surface area contributed by atoms with Gasteiger partial charge in [0.2, 0.25) is 0 Å². The maximum Gasteiger partial charge on any atom is 0.0220 e. The smallest absolute Gasteiger partial charge is 0.0220 e. The minimum atomic E-state index is 0.668. The number of allylic oxidation sites excluding steroid dienone is 2. The number of hydrogen-bond donors (Lipinski definition) is 1. The van der Waals surface area contributed by atoms with E-state index in [1.54, 1.807) is 0 Å². The van der Waals surface area contributed by atoms with Crippen LogP contribution in [0.2, 0.25) is 0 Å².